The van der Waals surface area contributed by atoms with Crippen LogP contribution in [0.3, 0.4) is 0 Å². The molecule has 0 saturated carbocycles. The van der Waals surface area contributed by atoms with E-state index in [0.717, 1.165) is 0 Å². The Kier molecular flexibility index (Phi) is 4.23. The molecule has 1 aromatic carbocycles. The van der Waals surface area contributed by atoms with Crippen LogP contribution in [0.1, 0.15) is 5.82 Å². The summed E-state index contributed by atoms with van der Waals surface area (Å²) in [6, 6.07) is 2.79. The molecule has 20 heavy (non-hydrogen) atoms. The molecule has 2 N–H and O–H groups in total. The predicted molar refractivity (Wildman–Crippen MR) is 77.5 cm³/mol. The van der Waals surface area contributed by atoms with E-state index in [1.54, 1.807) is 13.2 Å². The van der Waals surface area contributed by atoms with Crippen molar-refractivity contribution in [1.29, 1.82) is 5.41 Å². The topological polar surface area (TPSA) is 75.8 Å². The fraction of sp³-hybridized carbons (Fsp3) is 0.250. The van der Waals surface area contributed by atoms with Gasteiger partial charge in [0.05, 0.1) is 12.8 Å². The maximum atomic E-state index is 14.1. The Labute approximate surface area is 119 Å². The van der Waals surface area contributed by atoms with Crippen LogP contribution in [-0.4, -0.2) is 33.3 Å². The van der Waals surface area contributed by atoms with Crippen LogP contribution in [0.15, 0.2) is 18.5 Å². The molecule has 8 heteroatoms. The summed E-state index contributed by atoms with van der Waals surface area (Å²) in [6.07, 6.45) is 3.22. The molecule has 0 unspecified atom stereocenters. The standard InChI is InChI=1S/C12H14FN5OS/c1-7-15-6-18(17-7)10-4-8(13)9(5-11(10)19-2)16-12(14)20-3/h4-6H,1-3H3,(H2,14,16). The van der Waals surface area contributed by atoms with E-state index in [4.69, 9.17) is 10.1 Å². The first-order valence-corrected chi connectivity index (χ1v) is 6.93. The normalized spacial score (nSPS) is 10.4. The fourth-order valence-electron chi connectivity index (χ4n) is 1.62. The van der Waals surface area contributed by atoms with Crippen molar-refractivity contribution in [2.24, 2.45) is 0 Å². The Balaban J connectivity index is 2.45. The smallest absolute Gasteiger partial charge is 0.157 e. The Morgan fingerprint density at radius 1 is 1.50 bits per heavy atom. The largest absolute Gasteiger partial charge is 0.494 e. The minimum absolute atomic E-state index is 0.148. The first-order chi connectivity index (χ1) is 9.55. The Morgan fingerprint density at radius 2 is 2.25 bits per heavy atom. The zero-order chi connectivity index (χ0) is 14.7. The number of nitrogens with one attached hydrogen (secondary N) is 2. The van der Waals surface area contributed by atoms with Crippen molar-refractivity contribution in [2.75, 3.05) is 18.7 Å². The van der Waals surface area contributed by atoms with Gasteiger partial charge in [-0.2, -0.15) is 5.10 Å². The molecular weight excluding hydrogens is 281 g/mol. The first-order valence-electron chi connectivity index (χ1n) is 5.71. The number of methoxy groups -OCH3 is 1. The summed E-state index contributed by atoms with van der Waals surface area (Å²) in [7, 11) is 1.49. The molecule has 0 radical (unpaired) electrons. The zero-order valence-electron chi connectivity index (χ0n) is 11.3. The van der Waals surface area contributed by atoms with E-state index < -0.39 is 5.82 Å². The molecule has 0 fully saturated rings. The average molecular weight is 295 g/mol. The summed E-state index contributed by atoms with van der Waals surface area (Å²) in [4.78, 5) is 4.00. The highest BCUT2D eigenvalue weighted by molar-refractivity contribution is 8.13. The molecule has 0 saturated heterocycles. The fourth-order valence-corrected chi connectivity index (χ4v) is 1.83. The molecule has 1 heterocycles. The monoisotopic (exact) mass is 295 g/mol. The van der Waals surface area contributed by atoms with Crippen molar-refractivity contribution in [3.63, 3.8) is 0 Å². The van der Waals surface area contributed by atoms with Crippen molar-refractivity contribution < 1.29 is 9.13 Å². The van der Waals surface area contributed by atoms with Gasteiger partial charge in [0.15, 0.2) is 5.17 Å². The van der Waals surface area contributed by atoms with Gasteiger partial charge in [-0.05, 0) is 13.2 Å². The molecular formula is C12H14FN5OS. The second kappa shape index (κ2) is 5.91. The SMILES string of the molecule is COc1cc(NC(=N)SC)c(F)cc1-n1cnc(C)n1. The summed E-state index contributed by atoms with van der Waals surface area (Å²) >= 11 is 1.18. The van der Waals surface area contributed by atoms with Gasteiger partial charge in [-0.1, -0.05) is 11.8 Å². The van der Waals surface area contributed by atoms with Crippen LogP contribution in [0, 0.1) is 18.2 Å². The second-order valence-electron chi connectivity index (χ2n) is 3.90. The van der Waals surface area contributed by atoms with Crippen LogP contribution >= 0.6 is 11.8 Å². The van der Waals surface area contributed by atoms with Crippen LogP contribution in [0.2, 0.25) is 0 Å². The third-order valence-electron chi connectivity index (χ3n) is 2.57. The van der Waals surface area contributed by atoms with Gasteiger partial charge < -0.3 is 10.1 Å². The second-order valence-corrected chi connectivity index (χ2v) is 4.72. The van der Waals surface area contributed by atoms with E-state index in [-0.39, 0.29) is 10.9 Å². The quantitative estimate of drug-likeness (QED) is 0.672. The minimum atomic E-state index is -0.493. The van der Waals surface area contributed by atoms with Crippen LogP contribution in [0.25, 0.3) is 5.69 Å². The number of halogens is 1. The third kappa shape index (κ3) is 2.90. The van der Waals surface area contributed by atoms with Gasteiger partial charge >= 0.3 is 0 Å². The van der Waals surface area contributed by atoms with Crippen LogP contribution < -0.4 is 10.1 Å². The number of rotatable bonds is 3. The number of hydrogen-bond donors (Lipinski definition) is 2. The van der Waals surface area contributed by atoms with E-state index in [1.165, 1.54) is 42.0 Å². The Bertz CT molecular complexity index is 643. The summed E-state index contributed by atoms with van der Waals surface area (Å²) in [5.74, 6) is 0.527. The van der Waals surface area contributed by atoms with E-state index >= 15 is 0 Å². The number of nitrogens with zero attached hydrogens (tertiary/aromatic N) is 3. The van der Waals surface area contributed by atoms with Crippen molar-refractivity contribution in [1.82, 2.24) is 14.8 Å². The molecule has 0 aliphatic heterocycles. The molecule has 0 amide bonds. The van der Waals surface area contributed by atoms with Gasteiger partial charge in [0.1, 0.15) is 29.4 Å². The molecule has 0 aliphatic carbocycles. The number of amidine groups is 1. The zero-order valence-corrected chi connectivity index (χ0v) is 12.1. The Morgan fingerprint density at radius 3 is 2.80 bits per heavy atom. The number of aromatic nitrogens is 3. The molecule has 0 spiro atoms. The van der Waals surface area contributed by atoms with Crippen molar-refractivity contribution in [3.8, 4) is 11.4 Å². The molecule has 106 valence electrons. The Hall–Kier alpha value is -2.09. The van der Waals surface area contributed by atoms with Gasteiger partial charge in [-0.25, -0.2) is 14.1 Å². The van der Waals surface area contributed by atoms with Gasteiger partial charge in [0, 0.05) is 12.1 Å². The van der Waals surface area contributed by atoms with Crippen LogP contribution in [0.5, 0.6) is 5.75 Å². The number of ether oxygens (including phenoxy) is 1. The lowest BCUT2D eigenvalue weighted by Crippen LogP contribution is -2.08. The predicted octanol–water partition coefficient (Wildman–Crippen LogP) is 2.43. The van der Waals surface area contributed by atoms with E-state index in [1.807, 2.05) is 0 Å². The van der Waals surface area contributed by atoms with E-state index in [2.05, 4.69) is 15.4 Å². The molecule has 0 bridgehead atoms. The summed E-state index contributed by atoms with van der Waals surface area (Å²) < 4.78 is 20.8. The lowest BCUT2D eigenvalue weighted by atomic mass is 10.2. The van der Waals surface area contributed by atoms with Crippen LogP contribution in [-0.2, 0) is 0 Å². The average Bonchev–Trinajstić information content (AvgIpc) is 2.86. The van der Waals surface area contributed by atoms with Gasteiger partial charge in [-0.3, -0.25) is 5.41 Å². The summed E-state index contributed by atoms with van der Waals surface area (Å²) in [5, 5.41) is 14.5. The van der Waals surface area contributed by atoms with Crippen LogP contribution in [0.4, 0.5) is 10.1 Å². The molecule has 1 aromatic heterocycles. The highest BCUT2D eigenvalue weighted by Crippen LogP contribution is 2.29. The lowest BCUT2D eigenvalue weighted by Gasteiger charge is -2.12. The van der Waals surface area contributed by atoms with Gasteiger partial charge in [-0.15, -0.1) is 0 Å². The summed E-state index contributed by atoms with van der Waals surface area (Å²) in [6.45, 7) is 1.75. The summed E-state index contributed by atoms with van der Waals surface area (Å²) in [5.41, 5.74) is 0.633. The van der Waals surface area contributed by atoms with Gasteiger partial charge in [0.25, 0.3) is 0 Å². The molecule has 0 aliphatic rings. The maximum absolute atomic E-state index is 14.1. The first kappa shape index (κ1) is 14.3. The number of hydrogen-bond acceptors (Lipinski definition) is 5. The minimum Gasteiger partial charge on any atom is -0.494 e. The molecule has 0 atom stereocenters. The highest BCUT2D eigenvalue weighted by Gasteiger charge is 2.14. The number of benzene rings is 1. The van der Waals surface area contributed by atoms with E-state index in [0.29, 0.717) is 17.3 Å². The van der Waals surface area contributed by atoms with Crippen molar-refractivity contribution in [2.45, 2.75) is 6.92 Å². The number of aryl methyl sites for hydroxylation is 1. The molecule has 2 rings (SSSR count). The van der Waals surface area contributed by atoms with Crippen molar-refractivity contribution >= 4 is 22.6 Å². The number of thioether (sulfide) groups is 1. The van der Waals surface area contributed by atoms with Gasteiger partial charge in [0.2, 0.25) is 0 Å². The van der Waals surface area contributed by atoms with E-state index in [9.17, 15) is 4.39 Å². The molecule has 6 nitrogen and oxygen atoms in total. The third-order valence-corrected chi connectivity index (χ3v) is 3.08. The number of anilines is 1. The lowest BCUT2D eigenvalue weighted by molar-refractivity contribution is 0.411. The van der Waals surface area contributed by atoms with Crippen molar-refractivity contribution in [3.05, 3.63) is 30.1 Å². The highest BCUT2D eigenvalue weighted by atomic mass is 32.2. The maximum Gasteiger partial charge on any atom is 0.157 e. The molecule has 2 aromatic rings.